The summed E-state index contributed by atoms with van der Waals surface area (Å²) in [6.45, 7) is 1.76. The molecule has 1 aromatic carbocycles. The summed E-state index contributed by atoms with van der Waals surface area (Å²) in [5, 5.41) is 6.42. The molecule has 0 spiro atoms. The van der Waals surface area contributed by atoms with Crippen LogP contribution in [0.5, 0.6) is 0 Å². The van der Waals surface area contributed by atoms with Gasteiger partial charge in [-0.3, -0.25) is 0 Å². The van der Waals surface area contributed by atoms with Crippen molar-refractivity contribution in [3.8, 4) is 0 Å². The van der Waals surface area contributed by atoms with Crippen molar-refractivity contribution in [2.45, 2.75) is 19.6 Å². The number of hydrogen-bond acceptors (Lipinski definition) is 5. The summed E-state index contributed by atoms with van der Waals surface area (Å²) >= 11 is 4.63. The summed E-state index contributed by atoms with van der Waals surface area (Å²) in [5.74, 6) is 0.728. The van der Waals surface area contributed by atoms with Gasteiger partial charge in [0.15, 0.2) is 5.82 Å². The average molecular weight is 316 g/mol. The lowest BCUT2D eigenvalue weighted by Crippen LogP contribution is -2.18. The predicted molar refractivity (Wildman–Crippen MR) is 73.7 cm³/mol. The first-order chi connectivity index (χ1) is 9.77. The molecule has 0 radical (unpaired) electrons. The normalized spacial score (nSPS) is 11.4. The van der Waals surface area contributed by atoms with Gasteiger partial charge in [0.1, 0.15) is 4.99 Å². The highest BCUT2D eigenvalue weighted by Crippen LogP contribution is 2.33. The fourth-order valence-corrected chi connectivity index (χ4v) is 1.88. The number of hydrogen-bond donors (Lipinski definition) is 2. The van der Waals surface area contributed by atoms with Crippen LogP contribution in [0.2, 0.25) is 0 Å². The van der Waals surface area contributed by atoms with E-state index < -0.39 is 11.7 Å². The van der Waals surface area contributed by atoms with Gasteiger partial charge in [0.2, 0.25) is 5.89 Å². The van der Waals surface area contributed by atoms with Crippen LogP contribution in [0.3, 0.4) is 0 Å². The molecule has 0 unspecified atom stereocenters. The average Bonchev–Trinajstić information content (AvgIpc) is 2.81. The van der Waals surface area contributed by atoms with E-state index >= 15 is 0 Å². The Morgan fingerprint density at radius 1 is 1.43 bits per heavy atom. The first-order valence-electron chi connectivity index (χ1n) is 5.81. The van der Waals surface area contributed by atoms with Crippen LogP contribution in [0.25, 0.3) is 0 Å². The third-order valence-corrected chi connectivity index (χ3v) is 2.83. The Morgan fingerprint density at radius 2 is 2.14 bits per heavy atom. The Labute approximate surface area is 123 Å². The Hall–Kier alpha value is -2.16. The highest BCUT2D eigenvalue weighted by Gasteiger charge is 2.34. The maximum absolute atomic E-state index is 13.0. The SMILES string of the molecule is Cc1nc(CNc2ccc(C(N)=S)c(C(F)(F)F)c2)no1. The molecular formula is C12H11F3N4OS. The zero-order chi connectivity index (χ0) is 15.6. The molecule has 112 valence electrons. The monoisotopic (exact) mass is 316 g/mol. The maximum atomic E-state index is 13.0. The lowest BCUT2D eigenvalue weighted by atomic mass is 10.1. The van der Waals surface area contributed by atoms with Gasteiger partial charge in [-0.1, -0.05) is 17.4 Å². The number of benzene rings is 1. The van der Waals surface area contributed by atoms with Gasteiger partial charge in [-0.2, -0.15) is 18.2 Å². The number of nitrogens with one attached hydrogen (secondary N) is 1. The van der Waals surface area contributed by atoms with Crippen molar-refractivity contribution >= 4 is 22.9 Å². The van der Waals surface area contributed by atoms with Crippen LogP contribution in [0, 0.1) is 6.92 Å². The number of alkyl halides is 3. The van der Waals surface area contributed by atoms with Crippen molar-refractivity contribution in [1.29, 1.82) is 0 Å². The molecule has 0 aliphatic rings. The van der Waals surface area contributed by atoms with Crippen molar-refractivity contribution in [3.63, 3.8) is 0 Å². The van der Waals surface area contributed by atoms with Crippen molar-refractivity contribution in [3.05, 3.63) is 41.0 Å². The molecule has 2 aromatic rings. The van der Waals surface area contributed by atoms with E-state index in [1.807, 2.05) is 0 Å². The number of anilines is 1. The topological polar surface area (TPSA) is 77.0 Å². The van der Waals surface area contributed by atoms with Gasteiger partial charge >= 0.3 is 6.18 Å². The molecule has 5 nitrogen and oxygen atoms in total. The summed E-state index contributed by atoms with van der Waals surface area (Å²) in [4.78, 5) is 3.64. The zero-order valence-electron chi connectivity index (χ0n) is 10.9. The van der Waals surface area contributed by atoms with Gasteiger partial charge in [-0.05, 0) is 18.2 Å². The van der Waals surface area contributed by atoms with Crippen LogP contribution in [-0.2, 0) is 12.7 Å². The van der Waals surface area contributed by atoms with Gasteiger partial charge in [0.05, 0.1) is 12.1 Å². The van der Waals surface area contributed by atoms with Crippen LogP contribution in [-0.4, -0.2) is 15.1 Å². The molecule has 0 atom stereocenters. The first kappa shape index (κ1) is 15.2. The van der Waals surface area contributed by atoms with E-state index in [1.165, 1.54) is 12.1 Å². The number of nitrogens with two attached hydrogens (primary N) is 1. The molecule has 0 saturated carbocycles. The minimum Gasteiger partial charge on any atom is -0.389 e. The molecule has 21 heavy (non-hydrogen) atoms. The van der Waals surface area contributed by atoms with Crippen molar-refractivity contribution in [2.75, 3.05) is 5.32 Å². The van der Waals surface area contributed by atoms with Gasteiger partial charge in [0, 0.05) is 18.2 Å². The van der Waals surface area contributed by atoms with Gasteiger partial charge in [0.25, 0.3) is 0 Å². The molecular weight excluding hydrogens is 305 g/mol. The minimum atomic E-state index is -4.54. The Bertz CT molecular complexity index is 669. The van der Waals surface area contributed by atoms with E-state index in [0.717, 1.165) is 6.07 Å². The van der Waals surface area contributed by atoms with E-state index in [9.17, 15) is 13.2 Å². The van der Waals surface area contributed by atoms with Crippen LogP contribution in [0.4, 0.5) is 18.9 Å². The van der Waals surface area contributed by atoms with Crippen LogP contribution < -0.4 is 11.1 Å². The third kappa shape index (κ3) is 3.69. The molecule has 9 heteroatoms. The number of nitrogens with zero attached hydrogens (tertiary/aromatic N) is 2. The predicted octanol–water partition coefficient (Wildman–Crippen LogP) is 2.64. The van der Waals surface area contributed by atoms with E-state index in [-0.39, 0.29) is 22.8 Å². The number of halogens is 3. The van der Waals surface area contributed by atoms with Crippen LogP contribution in [0.15, 0.2) is 22.7 Å². The number of aryl methyl sites for hydroxylation is 1. The van der Waals surface area contributed by atoms with Gasteiger partial charge in [-0.15, -0.1) is 0 Å². The fourth-order valence-electron chi connectivity index (χ4n) is 1.70. The highest BCUT2D eigenvalue weighted by atomic mass is 32.1. The lowest BCUT2D eigenvalue weighted by molar-refractivity contribution is -0.137. The van der Waals surface area contributed by atoms with Crippen molar-refractivity contribution < 1.29 is 17.7 Å². The molecule has 3 N–H and O–H groups in total. The quantitative estimate of drug-likeness (QED) is 0.845. The summed E-state index contributed by atoms with van der Waals surface area (Å²) in [6.07, 6.45) is -4.54. The summed E-state index contributed by atoms with van der Waals surface area (Å²) < 4.78 is 43.7. The fraction of sp³-hybridized carbons (Fsp3) is 0.250. The first-order valence-corrected chi connectivity index (χ1v) is 6.22. The Morgan fingerprint density at radius 3 is 2.67 bits per heavy atom. The third-order valence-electron chi connectivity index (χ3n) is 2.61. The second-order valence-electron chi connectivity index (χ2n) is 4.21. The second-order valence-corrected chi connectivity index (χ2v) is 4.65. The molecule has 0 aliphatic carbocycles. The Balaban J connectivity index is 2.23. The molecule has 2 rings (SSSR count). The summed E-state index contributed by atoms with van der Waals surface area (Å²) in [6, 6.07) is 3.63. The van der Waals surface area contributed by atoms with Crippen LogP contribution in [0.1, 0.15) is 22.8 Å². The molecule has 0 bridgehead atoms. The molecule has 1 heterocycles. The summed E-state index contributed by atoms with van der Waals surface area (Å²) in [5.41, 5.74) is 4.47. The standard InChI is InChI=1S/C12H11F3N4OS/c1-6-18-10(19-20-6)5-17-7-2-3-8(11(16)21)9(4-7)12(13,14)15/h2-4,17H,5H2,1H3,(H2,16,21). The molecule has 0 fully saturated rings. The molecule has 0 aliphatic heterocycles. The maximum Gasteiger partial charge on any atom is 0.417 e. The Kier molecular flexibility index (Phi) is 4.12. The van der Waals surface area contributed by atoms with Crippen LogP contribution >= 0.6 is 12.2 Å². The largest absolute Gasteiger partial charge is 0.417 e. The van der Waals surface area contributed by atoms with Crippen molar-refractivity contribution in [2.24, 2.45) is 5.73 Å². The number of aromatic nitrogens is 2. The second kappa shape index (κ2) is 5.68. The van der Waals surface area contributed by atoms with E-state index in [0.29, 0.717) is 11.7 Å². The van der Waals surface area contributed by atoms with Gasteiger partial charge in [-0.25, -0.2) is 0 Å². The smallest absolute Gasteiger partial charge is 0.389 e. The zero-order valence-corrected chi connectivity index (χ0v) is 11.7. The molecule has 0 amide bonds. The number of thiocarbonyl (C=S) groups is 1. The molecule has 1 aromatic heterocycles. The van der Waals surface area contributed by atoms with E-state index in [4.69, 9.17) is 10.3 Å². The highest BCUT2D eigenvalue weighted by molar-refractivity contribution is 7.80. The van der Waals surface area contributed by atoms with Gasteiger partial charge < -0.3 is 15.6 Å². The number of rotatable bonds is 4. The van der Waals surface area contributed by atoms with Crippen molar-refractivity contribution in [1.82, 2.24) is 10.1 Å². The molecule has 0 saturated heterocycles. The van der Waals surface area contributed by atoms with E-state index in [1.54, 1.807) is 6.92 Å². The lowest BCUT2D eigenvalue weighted by Gasteiger charge is -2.14. The summed E-state index contributed by atoms with van der Waals surface area (Å²) in [7, 11) is 0. The minimum absolute atomic E-state index is 0.140. The van der Waals surface area contributed by atoms with E-state index in [2.05, 4.69) is 27.7 Å².